The fourth-order valence-electron chi connectivity index (χ4n) is 8.25. The molecule has 67 heavy (non-hydrogen) atoms. The van der Waals surface area contributed by atoms with E-state index in [9.17, 15) is 19.4 Å². The number of hydrogen-bond donors (Lipinski definition) is 2. The Hall–Kier alpha value is -1.54. The zero-order chi connectivity index (χ0) is 49.2. The van der Waals surface area contributed by atoms with Gasteiger partial charge in [0.15, 0.2) is 0 Å². The number of nitrogens with one attached hydrogen (secondary N) is 1. The summed E-state index contributed by atoms with van der Waals surface area (Å²) in [6, 6.07) is -0.899. The summed E-state index contributed by atoms with van der Waals surface area (Å²) < 4.78 is 23.1. The molecule has 3 unspecified atom stereocenters. The molecule has 394 valence electrons. The van der Waals surface area contributed by atoms with Crippen LogP contribution in [0.15, 0.2) is 48.6 Å². The number of carbonyl (C=O) groups is 1. The van der Waals surface area contributed by atoms with E-state index in [1.165, 1.54) is 199 Å². The van der Waals surface area contributed by atoms with Crippen LogP contribution in [0.4, 0.5) is 0 Å². The Morgan fingerprint density at radius 3 is 1.34 bits per heavy atom. The maximum Gasteiger partial charge on any atom is 0.268 e. The van der Waals surface area contributed by atoms with Gasteiger partial charge in [0.25, 0.3) is 7.82 Å². The van der Waals surface area contributed by atoms with Gasteiger partial charge in [-0.15, -0.1) is 0 Å². The van der Waals surface area contributed by atoms with Crippen LogP contribution in [0, 0.1) is 0 Å². The van der Waals surface area contributed by atoms with Gasteiger partial charge in [-0.1, -0.05) is 249 Å². The lowest BCUT2D eigenvalue weighted by Gasteiger charge is -2.29. The Morgan fingerprint density at radius 1 is 0.522 bits per heavy atom. The minimum Gasteiger partial charge on any atom is -0.756 e. The number of unbranched alkanes of at least 4 members (excludes halogenated alkanes) is 33. The third-order valence-corrected chi connectivity index (χ3v) is 13.7. The summed E-state index contributed by atoms with van der Waals surface area (Å²) in [5.74, 6) is -0.208. The maximum atomic E-state index is 12.9. The van der Waals surface area contributed by atoms with E-state index in [-0.39, 0.29) is 12.5 Å². The minimum atomic E-state index is -4.59. The number of nitrogens with zero attached hydrogens (tertiary/aromatic N) is 1. The van der Waals surface area contributed by atoms with Crippen molar-refractivity contribution in [2.24, 2.45) is 0 Å². The zero-order valence-corrected chi connectivity index (χ0v) is 45.7. The number of amides is 1. The Bertz CT molecular complexity index is 1230. The average molecular weight is 964 g/mol. The molecule has 0 saturated heterocycles. The summed E-state index contributed by atoms with van der Waals surface area (Å²) in [6.45, 7) is 4.55. The van der Waals surface area contributed by atoms with E-state index in [2.05, 4.69) is 55.6 Å². The summed E-state index contributed by atoms with van der Waals surface area (Å²) in [5.41, 5.74) is 0. The summed E-state index contributed by atoms with van der Waals surface area (Å²) in [6.07, 6.45) is 65.3. The molecule has 0 rings (SSSR count). The normalized spacial score (nSPS) is 14.3. The predicted molar refractivity (Wildman–Crippen MR) is 288 cm³/mol. The molecular weight excluding hydrogens is 852 g/mol. The van der Waals surface area contributed by atoms with Crippen LogP contribution in [-0.4, -0.2) is 68.5 Å². The molecule has 8 nitrogen and oxygen atoms in total. The standard InChI is InChI=1S/C58H111N2O6P/c1-6-8-10-12-14-16-17-18-19-20-21-22-23-24-25-26-27-28-29-30-31-32-33-34-35-36-37-38-39-40-41-42-43-44-46-48-50-52-58(62)59-56(55-66-67(63,64)65-54-53-60(3,4)5)57(61)51-49-47-45-15-13-11-9-7-2/h13,15,17-18,20-21,49,51,56-57,61H,6-12,14,16,19,22-48,50,52-55H2,1-5H3,(H-,59,62,63,64)/b15-13+,18-17-,21-20-,51-49+. The van der Waals surface area contributed by atoms with Gasteiger partial charge in [-0.05, 0) is 57.8 Å². The Balaban J connectivity index is 3.80. The molecule has 2 N–H and O–H groups in total. The second-order valence-corrected chi connectivity index (χ2v) is 22.0. The van der Waals surface area contributed by atoms with Crippen LogP contribution < -0.4 is 10.2 Å². The first-order chi connectivity index (χ1) is 32.5. The summed E-state index contributed by atoms with van der Waals surface area (Å²) in [4.78, 5) is 25.3. The molecule has 0 aliphatic rings. The lowest BCUT2D eigenvalue weighted by Crippen LogP contribution is -2.45. The molecule has 0 fully saturated rings. The van der Waals surface area contributed by atoms with E-state index in [1.807, 2.05) is 27.2 Å². The molecule has 0 heterocycles. The molecular formula is C58H111N2O6P. The fourth-order valence-corrected chi connectivity index (χ4v) is 8.97. The van der Waals surface area contributed by atoms with Crippen LogP contribution in [0.3, 0.4) is 0 Å². The molecule has 3 atom stereocenters. The first kappa shape index (κ1) is 65.5. The van der Waals surface area contributed by atoms with Crippen LogP contribution in [-0.2, 0) is 18.4 Å². The maximum absolute atomic E-state index is 12.9. The van der Waals surface area contributed by atoms with E-state index >= 15 is 0 Å². The number of rotatable bonds is 52. The van der Waals surface area contributed by atoms with Crippen LogP contribution in [0.2, 0.25) is 0 Å². The summed E-state index contributed by atoms with van der Waals surface area (Å²) in [5, 5.41) is 13.7. The van der Waals surface area contributed by atoms with Gasteiger partial charge in [0.2, 0.25) is 5.91 Å². The average Bonchev–Trinajstić information content (AvgIpc) is 3.29. The highest BCUT2D eigenvalue weighted by atomic mass is 31.2. The van der Waals surface area contributed by atoms with E-state index in [4.69, 9.17) is 9.05 Å². The van der Waals surface area contributed by atoms with Crippen molar-refractivity contribution in [2.45, 2.75) is 276 Å². The number of aliphatic hydroxyl groups is 1. The van der Waals surface area contributed by atoms with Crippen LogP contribution >= 0.6 is 7.82 Å². The van der Waals surface area contributed by atoms with Crippen LogP contribution in [0.1, 0.15) is 264 Å². The van der Waals surface area contributed by atoms with E-state index in [0.717, 1.165) is 44.9 Å². The molecule has 0 aliphatic carbocycles. The number of phosphoric acid groups is 1. The monoisotopic (exact) mass is 963 g/mol. The van der Waals surface area contributed by atoms with Crippen molar-refractivity contribution in [3.8, 4) is 0 Å². The Labute approximate surface area is 416 Å². The third-order valence-electron chi connectivity index (χ3n) is 12.8. The van der Waals surface area contributed by atoms with Crippen LogP contribution in [0.25, 0.3) is 0 Å². The van der Waals surface area contributed by atoms with Gasteiger partial charge in [-0.3, -0.25) is 9.36 Å². The number of likely N-dealkylation sites (N-methyl/N-ethyl adjacent to an activating group) is 1. The van der Waals surface area contributed by atoms with Gasteiger partial charge in [-0.25, -0.2) is 0 Å². The van der Waals surface area contributed by atoms with Gasteiger partial charge < -0.3 is 28.8 Å². The second kappa shape index (κ2) is 49.4. The first-order valence-electron chi connectivity index (χ1n) is 28.5. The number of aliphatic hydroxyl groups excluding tert-OH is 1. The molecule has 0 radical (unpaired) electrons. The van der Waals surface area contributed by atoms with Gasteiger partial charge in [0.05, 0.1) is 39.9 Å². The number of carbonyl (C=O) groups excluding carboxylic acids is 1. The zero-order valence-electron chi connectivity index (χ0n) is 44.9. The molecule has 9 heteroatoms. The van der Waals surface area contributed by atoms with E-state index < -0.39 is 26.6 Å². The van der Waals surface area contributed by atoms with Gasteiger partial charge in [-0.2, -0.15) is 0 Å². The molecule has 0 aromatic rings. The number of hydrogen-bond acceptors (Lipinski definition) is 6. The van der Waals surface area contributed by atoms with Gasteiger partial charge in [0, 0.05) is 6.42 Å². The van der Waals surface area contributed by atoms with E-state index in [1.54, 1.807) is 6.08 Å². The molecule has 1 amide bonds. The summed E-state index contributed by atoms with van der Waals surface area (Å²) >= 11 is 0. The van der Waals surface area contributed by atoms with E-state index in [0.29, 0.717) is 17.4 Å². The van der Waals surface area contributed by atoms with Crippen molar-refractivity contribution in [3.05, 3.63) is 48.6 Å². The van der Waals surface area contributed by atoms with Crippen molar-refractivity contribution < 1.29 is 32.9 Å². The van der Waals surface area contributed by atoms with Gasteiger partial charge >= 0.3 is 0 Å². The van der Waals surface area contributed by atoms with Crippen molar-refractivity contribution in [3.63, 3.8) is 0 Å². The quantitative estimate of drug-likeness (QED) is 0.0272. The lowest BCUT2D eigenvalue weighted by molar-refractivity contribution is -0.870. The fraction of sp³-hybridized carbons (Fsp3) is 0.845. The highest BCUT2D eigenvalue weighted by Gasteiger charge is 2.23. The number of allylic oxidation sites excluding steroid dienone is 7. The second-order valence-electron chi connectivity index (χ2n) is 20.6. The molecule has 0 bridgehead atoms. The molecule has 0 aromatic carbocycles. The van der Waals surface area contributed by atoms with Crippen LogP contribution in [0.5, 0.6) is 0 Å². The first-order valence-corrected chi connectivity index (χ1v) is 30.0. The highest BCUT2D eigenvalue weighted by molar-refractivity contribution is 7.45. The Morgan fingerprint density at radius 2 is 0.896 bits per heavy atom. The smallest absolute Gasteiger partial charge is 0.268 e. The third kappa shape index (κ3) is 52.1. The topological polar surface area (TPSA) is 108 Å². The largest absolute Gasteiger partial charge is 0.756 e. The van der Waals surface area contributed by atoms with Gasteiger partial charge in [0.1, 0.15) is 13.2 Å². The number of phosphoric ester groups is 1. The minimum absolute atomic E-state index is 0.00605. The van der Waals surface area contributed by atoms with Crippen molar-refractivity contribution in [2.75, 3.05) is 40.9 Å². The highest BCUT2D eigenvalue weighted by Crippen LogP contribution is 2.38. The molecule has 0 aromatic heterocycles. The molecule has 0 saturated carbocycles. The van der Waals surface area contributed by atoms with Crippen molar-refractivity contribution >= 4 is 13.7 Å². The SMILES string of the molecule is CCCC/C=C/CC/C=C/C(O)C(COP(=O)([O-])OCC[N+](C)(C)C)NC(=O)CCCCCCCCCCCCCCCCCCCCCCCCCCC/C=C\C/C=C\CCCCCCC. The lowest BCUT2D eigenvalue weighted by atomic mass is 10.0. The molecule has 0 aliphatic heterocycles. The predicted octanol–water partition coefficient (Wildman–Crippen LogP) is 16.5. The van der Waals surface area contributed by atoms with Crippen molar-refractivity contribution in [1.82, 2.24) is 5.32 Å². The number of quaternary nitrogens is 1. The molecule has 0 spiro atoms. The summed E-state index contributed by atoms with van der Waals surface area (Å²) in [7, 11) is 1.25. The van der Waals surface area contributed by atoms with Crippen molar-refractivity contribution in [1.29, 1.82) is 0 Å². The Kier molecular flexibility index (Phi) is 48.3.